The van der Waals surface area contributed by atoms with Gasteiger partial charge in [0.25, 0.3) is 0 Å². The predicted molar refractivity (Wildman–Crippen MR) is 81.6 cm³/mol. The molecule has 1 rings (SSSR count). The lowest BCUT2D eigenvalue weighted by molar-refractivity contribution is 0.0695. The van der Waals surface area contributed by atoms with Crippen LogP contribution in [0.3, 0.4) is 0 Å². The van der Waals surface area contributed by atoms with Gasteiger partial charge in [-0.05, 0) is 25.5 Å². The normalized spacial score (nSPS) is 10.5. The fourth-order valence-electron chi connectivity index (χ4n) is 2.24. The van der Waals surface area contributed by atoms with Crippen LogP contribution in [0.1, 0.15) is 67.8 Å². The molecule has 0 saturated heterocycles. The van der Waals surface area contributed by atoms with E-state index in [4.69, 9.17) is 9.84 Å². The molecule has 0 saturated carbocycles. The SMILES string of the molecule is CCCCCCCCCOc1cccc(C(=O)O)c1C. The fourth-order valence-corrected chi connectivity index (χ4v) is 2.24. The summed E-state index contributed by atoms with van der Waals surface area (Å²) in [6, 6.07) is 5.18. The second-order valence-corrected chi connectivity index (χ2v) is 5.20. The molecule has 20 heavy (non-hydrogen) atoms. The molecular formula is C17H26O3. The third-order valence-electron chi connectivity index (χ3n) is 3.52. The molecule has 1 aromatic carbocycles. The van der Waals surface area contributed by atoms with E-state index in [1.807, 2.05) is 6.07 Å². The minimum atomic E-state index is -0.899. The van der Waals surface area contributed by atoms with E-state index < -0.39 is 5.97 Å². The number of hydrogen-bond acceptors (Lipinski definition) is 2. The number of hydrogen-bond donors (Lipinski definition) is 1. The predicted octanol–water partition coefficient (Wildman–Crippen LogP) is 4.82. The van der Waals surface area contributed by atoms with Crippen LogP contribution in [-0.4, -0.2) is 17.7 Å². The number of ether oxygens (including phenoxy) is 1. The third kappa shape index (κ3) is 5.64. The summed E-state index contributed by atoms with van der Waals surface area (Å²) in [6.07, 6.45) is 8.72. The van der Waals surface area contributed by atoms with Gasteiger partial charge in [0.1, 0.15) is 5.75 Å². The Morgan fingerprint density at radius 1 is 1.10 bits per heavy atom. The van der Waals surface area contributed by atoms with E-state index in [0.717, 1.165) is 6.42 Å². The van der Waals surface area contributed by atoms with Crippen LogP contribution in [0.15, 0.2) is 18.2 Å². The monoisotopic (exact) mass is 278 g/mol. The highest BCUT2D eigenvalue weighted by molar-refractivity contribution is 5.90. The summed E-state index contributed by atoms with van der Waals surface area (Å²) in [5, 5.41) is 9.05. The minimum Gasteiger partial charge on any atom is -0.493 e. The molecule has 3 nitrogen and oxygen atoms in total. The molecular weight excluding hydrogens is 252 g/mol. The van der Waals surface area contributed by atoms with Crippen molar-refractivity contribution in [3.8, 4) is 5.75 Å². The molecule has 1 N–H and O–H groups in total. The van der Waals surface area contributed by atoms with Crippen molar-refractivity contribution in [3.05, 3.63) is 29.3 Å². The molecule has 0 radical (unpaired) electrons. The molecule has 3 heteroatoms. The van der Waals surface area contributed by atoms with E-state index in [1.165, 1.54) is 38.5 Å². The quantitative estimate of drug-likeness (QED) is 0.624. The van der Waals surface area contributed by atoms with Crippen LogP contribution in [-0.2, 0) is 0 Å². The van der Waals surface area contributed by atoms with Crippen molar-refractivity contribution in [3.63, 3.8) is 0 Å². The van der Waals surface area contributed by atoms with Crippen LogP contribution in [0.2, 0.25) is 0 Å². The standard InChI is InChI=1S/C17H26O3/c1-3-4-5-6-7-8-9-13-20-16-12-10-11-15(14(16)2)17(18)19/h10-12H,3-9,13H2,1-2H3,(H,18,19). The summed E-state index contributed by atoms with van der Waals surface area (Å²) >= 11 is 0. The van der Waals surface area contributed by atoms with Crippen LogP contribution in [0.25, 0.3) is 0 Å². The van der Waals surface area contributed by atoms with Crippen molar-refractivity contribution in [2.45, 2.75) is 58.8 Å². The lowest BCUT2D eigenvalue weighted by Gasteiger charge is -2.10. The van der Waals surface area contributed by atoms with Gasteiger partial charge in [0.15, 0.2) is 0 Å². The van der Waals surface area contributed by atoms with Gasteiger partial charge >= 0.3 is 5.97 Å². The van der Waals surface area contributed by atoms with Crippen molar-refractivity contribution in [2.75, 3.05) is 6.61 Å². The van der Waals surface area contributed by atoms with Crippen molar-refractivity contribution in [1.29, 1.82) is 0 Å². The number of unbranched alkanes of at least 4 members (excludes halogenated alkanes) is 6. The molecule has 1 aromatic rings. The zero-order chi connectivity index (χ0) is 14.8. The van der Waals surface area contributed by atoms with Gasteiger partial charge in [0.05, 0.1) is 12.2 Å². The van der Waals surface area contributed by atoms with Gasteiger partial charge in [0, 0.05) is 5.56 Å². The molecule has 112 valence electrons. The van der Waals surface area contributed by atoms with Crippen LogP contribution < -0.4 is 4.74 Å². The Morgan fingerprint density at radius 3 is 2.40 bits per heavy atom. The van der Waals surface area contributed by atoms with Gasteiger partial charge in [-0.3, -0.25) is 0 Å². The Hall–Kier alpha value is -1.51. The van der Waals surface area contributed by atoms with Gasteiger partial charge in [-0.15, -0.1) is 0 Å². The van der Waals surface area contributed by atoms with Crippen molar-refractivity contribution >= 4 is 5.97 Å². The summed E-state index contributed by atoms with van der Waals surface area (Å²) in [5.74, 6) is -0.209. The van der Waals surface area contributed by atoms with Crippen LogP contribution >= 0.6 is 0 Å². The largest absolute Gasteiger partial charge is 0.493 e. The van der Waals surface area contributed by atoms with E-state index in [2.05, 4.69) is 6.92 Å². The molecule has 0 spiro atoms. The Labute approximate surface area is 122 Å². The number of benzene rings is 1. The van der Waals surface area contributed by atoms with Crippen LogP contribution in [0.4, 0.5) is 0 Å². The van der Waals surface area contributed by atoms with Crippen LogP contribution in [0.5, 0.6) is 5.75 Å². The molecule has 0 fully saturated rings. The summed E-state index contributed by atoms with van der Waals surface area (Å²) in [7, 11) is 0. The first-order valence-electron chi connectivity index (χ1n) is 7.62. The van der Waals surface area contributed by atoms with E-state index in [0.29, 0.717) is 23.5 Å². The molecule has 0 aliphatic heterocycles. The molecule has 0 aromatic heterocycles. The van der Waals surface area contributed by atoms with Crippen molar-refractivity contribution in [1.82, 2.24) is 0 Å². The highest BCUT2D eigenvalue weighted by atomic mass is 16.5. The summed E-state index contributed by atoms with van der Waals surface area (Å²) in [6.45, 7) is 4.68. The Kier molecular flexibility index (Phi) is 7.78. The lowest BCUT2D eigenvalue weighted by atomic mass is 10.1. The Morgan fingerprint density at radius 2 is 1.75 bits per heavy atom. The molecule has 0 bridgehead atoms. The van der Waals surface area contributed by atoms with E-state index in [-0.39, 0.29) is 0 Å². The number of carboxylic acids is 1. The van der Waals surface area contributed by atoms with Crippen molar-refractivity contribution in [2.24, 2.45) is 0 Å². The third-order valence-corrected chi connectivity index (χ3v) is 3.52. The average molecular weight is 278 g/mol. The topological polar surface area (TPSA) is 46.5 Å². The lowest BCUT2D eigenvalue weighted by Crippen LogP contribution is -2.04. The second kappa shape index (κ2) is 9.40. The molecule has 0 aliphatic carbocycles. The summed E-state index contributed by atoms with van der Waals surface area (Å²) in [4.78, 5) is 11.0. The van der Waals surface area contributed by atoms with Gasteiger partial charge in [0.2, 0.25) is 0 Å². The first-order chi connectivity index (χ1) is 9.66. The Bertz CT molecular complexity index is 413. The highest BCUT2D eigenvalue weighted by Crippen LogP contribution is 2.21. The summed E-state index contributed by atoms with van der Waals surface area (Å²) < 4.78 is 5.69. The zero-order valence-corrected chi connectivity index (χ0v) is 12.7. The fraction of sp³-hybridized carbons (Fsp3) is 0.588. The van der Waals surface area contributed by atoms with E-state index >= 15 is 0 Å². The molecule has 0 amide bonds. The molecule has 0 heterocycles. The highest BCUT2D eigenvalue weighted by Gasteiger charge is 2.10. The maximum absolute atomic E-state index is 11.0. The van der Waals surface area contributed by atoms with Crippen LogP contribution in [0, 0.1) is 6.92 Å². The number of carboxylic acid groups (broad SMARTS) is 1. The minimum absolute atomic E-state index is 0.321. The number of carbonyl (C=O) groups is 1. The Balaban J connectivity index is 2.25. The first-order valence-corrected chi connectivity index (χ1v) is 7.62. The van der Waals surface area contributed by atoms with Gasteiger partial charge in [-0.1, -0.05) is 51.5 Å². The molecule has 0 aliphatic rings. The maximum atomic E-state index is 11.0. The van der Waals surface area contributed by atoms with E-state index in [9.17, 15) is 4.79 Å². The average Bonchev–Trinajstić information content (AvgIpc) is 2.43. The first kappa shape index (κ1) is 16.5. The smallest absolute Gasteiger partial charge is 0.336 e. The summed E-state index contributed by atoms with van der Waals surface area (Å²) in [5.41, 5.74) is 1.03. The second-order valence-electron chi connectivity index (χ2n) is 5.20. The zero-order valence-electron chi connectivity index (χ0n) is 12.7. The van der Waals surface area contributed by atoms with Gasteiger partial charge in [-0.2, -0.15) is 0 Å². The number of rotatable bonds is 10. The van der Waals surface area contributed by atoms with Crippen molar-refractivity contribution < 1.29 is 14.6 Å². The number of aromatic carboxylic acids is 1. The molecule has 0 atom stereocenters. The van der Waals surface area contributed by atoms with Gasteiger partial charge < -0.3 is 9.84 Å². The maximum Gasteiger partial charge on any atom is 0.336 e. The van der Waals surface area contributed by atoms with Gasteiger partial charge in [-0.25, -0.2) is 4.79 Å². The van der Waals surface area contributed by atoms with E-state index in [1.54, 1.807) is 19.1 Å². The molecule has 0 unspecified atom stereocenters.